The van der Waals surface area contributed by atoms with Crippen molar-refractivity contribution in [3.8, 4) is 0 Å². The van der Waals surface area contributed by atoms with Crippen LogP contribution in [0.1, 0.15) is 42.2 Å². The molecular formula is C12H19N3O2. The number of carbonyl (C=O) groups is 1. The molecule has 0 radical (unpaired) electrons. The smallest absolute Gasteiger partial charge is 0.339 e. The number of rotatable bonds is 3. The third kappa shape index (κ3) is 2.49. The average Bonchev–Trinajstić information content (AvgIpc) is 2.64. The van der Waals surface area contributed by atoms with Crippen molar-refractivity contribution in [1.29, 1.82) is 0 Å². The lowest BCUT2D eigenvalue weighted by Crippen LogP contribution is -2.37. The minimum atomic E-state index is -0.891. The molecule has 1 aromatic heterocycles. The van der Waals surface area contributed by atoms with Gasteiger partial charge in [-0.05, 0) is 26.3 Å². The molecule has 17 heavy (non-hydrogen) atoms. The van der Waals surface area contributed by atoms with Gasteiger partial charge in [-0.1, -0.05) is 6.42 Å². The van der Waals surface area contributed by atoms with Gasteiger partial charge in [-0.2, -0.15) is 5.10 Å². The van der Waals surface area contributed by atoms with E-state index >= 15 is 0 Å². The van der Waals surface area contributed by atoms with Crippen molar-refractivity contribution in [3.05, 3.63) is 17.5 Å². The first-order valence-corrected chi connectivity index (χ1v) is 6.08. The largest absolute Gasteiger partial charge is 0.478 e. The molecule has 0 bridgehead atoms. The van der Waals surface area contributed by atoms with Gasteiger partial charge >= 0.3 is 5.97 Å². The molecule has 0 aliphatic carbocycles. The molecule has 0 aromatic carbocycles. The fourth-order valence-electron chi connectivity index (χ4n) is 2.41. The molecule has 0 amide bonds. The summed E-state index contributed by atoms with van der Waals surface area (Å²) >= 11 is 0. The summed E-state index contributed by atoms with van der Waals surface area (Å²) < 4.78 is 1.67. The van der Waals surface area contributed by atoms with E-state index in [1.807, 2.05) is 0 Å². The maximum absolute atomic E-state index is 11.1. The minimum Gasteiger partial charge on any atom is -0.478 e. The topological polar surface area (TPSA) is 58.4 Å². The average molecular weight is 237 g/mol. The summed E-state index contributed by atoms with van der Waals surface area (Å²) in [6, 6.07) is 0.528. The van der Waals surface area contributed by atoms with E-state index in [0.717, 1.165) is 12.2 Å². The molecule has 2 heterocycles. The van der Waals surface area contributed by atoms with Gasteiger partial charge in [-0.3, -0.25) is 9.58 Å². The molecule has 1 fully saturated rings. The van der Waals surface area contributed by atoms with E-state index in [2.05, 4.69) is 16.9 Å². The Morgan fingerprint density at radius 2 is 2.35 bits per heavy atom. The number of aryl methyl sites for hydroxylation is 1. The first-order chi connectivity index (χ1) is 8.09. The Hall–Kier alpha value is -1.36. The first-order valence-electron chi connectivity index (χ1n) is 6.08. The normalized spacial score (nSPS) is 21.6. The number of carboxylic acid groups (broad SMARTS) is 1. The molecule has 0 spiro atoms. The molecular weight excluding hydrogens is 218 g/mol. The van der Waals surface area contributed by atoms with Crippen LogP contribution in [-0.2, 0) is 13.6 Å². The second kappa shape index (κ2) is 4.87. The van der Waals surface area contributed by atoms with Gasteiger partial charge in [0.05, 0.1) is 11.9 Å². The summed E-state index contributed by atoms with van der Waals surface area (Å²) in [4.78, 5) is 13.4. The fourth-order valence-corrected chi connectivity index (χ4v) is 2.41. The van der Waals surface area contributed by atoms with Gasteiger partial charge in [-0.15, -0.1) is 0 Å². The first kappa shape index (κ1) is 12.1. The van der Waals surface area contributed by atoms with Gasteiger partial charge in [0, 0.05) is 19.6 Å². The highest BCUT2D eigenvalue weighted by molar-refractivity contribution is 5.88. The lowest BCUT2D eigenvalue weighted by atomic mass is 10.0. The van der Waals surface area contributed by atoms with Crippen LogP contribution in [0.2, 0.25) is 0 Å². The Balaban J connectivity index is 2.17. The number of piperidine rings is 1. The summed E-state index contributed by atoms with van der Waals surface area (Å²) in [5.74, 6) is -0.891. The van der Waals surface area contributed by atoms with Crippen LogP contribution in [0, 0.1) is 0 Å². The third-order valence-corrected chi connectivity index (χ3v) is 3.59. The Morgan fingerprint density at radius 1 is 1.59 bits per heavy atom. The Morgan fingerprint density at radius 3 is 3.00 bits per heavy atom. The molecule has 2 rings (SSSR count). The van der Waals surface area contributed by atoms with Crippen LogP contribution >= 0.6 is 0 Å². The summed E-state index contributed by atoms with van der Waals surface area (Å²) in [7, 11) is 1.80. The number of likely N-dealkylation sites (tertiary alicyclic amines) is 1. The number of aromatic nitrogens is 2. The molecule has 1 atom stereocenters. The van der Waals surface area contributed by atoms with Gasteiger partial charge in [0.15, 0.2) is 0 Å². The predicted octanol–water partition coefficient (Wildman–Crippen LogP) is 1.49. The highest BCUT2D eigenvalue weighted by atomic mass is 16.4. The zero-order valence-electron chi connectivity index (χ0n) is 10.4. The van der Waals surface area contributed by atoms with Gasteiger partial charge < -0.3 is 5.11 Å². The van der Waals surface area contributed by atoms with Crippen molar-refractivity contribution in [2.75, 3.05) is 6.54 Å². The molecule has 94 valence electrons. The molecule has 0 saturated carbocycles. The highest BCUT2D eigenvalue weighted by Crippen LogP contribution is 2.20. The zero-order valence-corrected chi connectivity index (χ0v) is 10.4. The monoisotopic (exact) mass is 237 g/mol. The van der Waals surface area contributed by atoms with E-state index < -0.39 is 5.97 Å². The molecule has 5 heteroatoms. The summed E-state index contributed by atoms with van der Waals surface area (Å²) in [5.41, 5.74) is 1.12. The van der Waals surface area contributed by atoms with Crippen LogP contribution in [0.25, 0.3) is 0 Å². The van der Waals surface area contributed by atoms with E-state index in [0.29, 0.717) is 18.2 Å². The standard InChI is InChI=1S/C12H19N3O2/c1-9-5-3-4-6-15(9)8-11-10(12(16)17)7-13-14(11)2/h7,9H,3-6,8H2,1-2H3,(H,16,17)/t9-/m1/s1. The molecule has 0 unspecified atom stereocenters. The molecule has 5 nitrogen and oxygen atoms in total. The molecule has 1 aromatic rings. The molecule has 1 aliphatic rings. The van der Waals surface area contributed by atoms with Crippen molar-refractivity contribution < 1.29 is 9.90 Å². The fraction of sp³-hybridized carbons (Fsp3) is 0.667. The van der Waals surface area contributed by atoms with Crippen LogP contribution in [0.3, 0.4) is 0 Å². The summed E-state index contributed by atoms with van der Waals surface area (Å²) in [6.45, 7) is 3.93. The molecule has 1 aliphatic heterocycles. The maximum Gasteiger partial charge on any atom is 0.339 e. The van der Waals surface area contributed by atoms with Crippen molar-refractivity contribution in [1.82, 2.24) is 14.7 Å². The maximum atomic E-state index is 11.1. The van der Waals surface area contributed by atoms with E-state index in [1.165, 1.54) is 25.5 Å². The van der Waals surface area contributed by atoms with Gasteiger partial charge in [0.2, 0.25) is 0 Å². The predicted molar refractivity (Wildman–Crippen MR) is 63.9 cm³/mol. The van der Waals surface area contributed by atoms with E-state index in [-0.39, 0.29) is 0 Å². The van der Waals surface area contributed by atoms with E-state index in [1.54, 1.807) is 11.7 Å². The van der Waals surface area contributed by atoms with Crippen molar-refractivity contribution in [3.63, 3.8) is 0 Å². The second-order valence-corrected chi connectivity index (χ2v) is 4.75. The van der Waals surface area contributed by atoms with Crippen LogP contribution in [0.5, 0.6) is 0 Å². The zero-order chi connectivity index (χ0) is 12.4. The number of aromatic carboxylic acids is 1. The Bertz CT molecular complexity index is 414. The second-order valence-electron chi connectivity index (χ2n) is 4.75. The van der Waals surface area contributed by atoms with Crippen LogP contribution in [0.15, 0.2) is 6.20 Å². The third-order valence-electron chi connectivity index (χ3n) is 3.59. The lowest BCUT2D eigenvalue weighted by molar-refractivity contribution is 0.0692. The lowest BCUT2D eigenvalue weighted by Gasteiger charge is -2.33. The van der Waals surface area contributed by atoms with Gasteiger partial charge in [-0.25, -0.2) is 4.79 Å². The SMILES string of the molecule is C[C@@H]1CCCCN1Cc1c(C(=O)O)cnn1C. The molecule has 1 N–H and O–H groups in total. The highest BCUT2D eigenvalue weighted by Gasteiger charge is 2.22. The van der Waals surface area contributed by atoms with Gasteiger partial charge in [0.1, 0.15) is 5.56 Å². The van der Waals surface area contributed by atoms with Crippen LogP contribution in [-0.4, -0.2) is 38.3 Å². The van der Waals surface area contributed by atoms with Crippen LogP contribution < -0.4 is 0 Å². The van der Waals surface area contributed by atoms with Gasteiger partial charge in [0.25, 0.3) is 0 Å². The van der Waals surface area contributed by atoms with E-state index in [9.17, 15) is 4.79 Å². The number of hydrogen-bond donors (Lipinski definition) is 1. The number of nitrogens with zero attached hydrogens (tertiary/aromatic N) is 3. The number of hydrogen-bond acceptors (Lipinski definition) is 3. The Kier molecular flexibility index (Phi) is 3.47. The van der Waals surface area contributed by atoms with E-state index in [4.69, 9.17) is 5.11 Å². The summed E-state index contributed by atoms with van der Waals surface area (Å²) in [5, 5.41) is 13.1. The number of carboxylic acids is 1. The summed E-state index contributed by atoms with van der Waals surface area (Å²) in [6.07, 6.45) is 5.10. The minimum absolute atomic E-state index is 0.324. The molecule has 1 saturated heterocycles. The van der Waals surface area contributed by atoms with Crippen molar-refractivity contribution in [2.24, 2.45) is 7.05 Å². The Labute approximate surface area is 101 Å². The van der Waals surface area contributed by atoms with Crippen molar-refractivity contribution >= 4 is 5.97 Å². The van der Waals surface area contributed by atoms with Crippen LogP contribution in [0.4, 0.5) is 0 Å². The quantitative estimate of drug-likeness (QED) is 0.865. The van der Waals surface area contributed by atoms with Crippen molar-refractivity contribution in [2.45, 2.75) is 38.8 Å².